The number of fused-ring (bicyclic) bond motifs is 2. The number of carbonyl (C=O) groups excluding carboxylic acids is 1. The van der Waals surface area contributed by atoms with Crippen LogP contribution in [-0.2, 0) is 11.8 Å². The van der Waals surface area contributed by atoms with Crippen LogP contribution in [0.3, 0.4) is 0 Å². The number of aromatic carboxylic acids is 1. The fraction of sp³-hybridized carbons (Fsp3) is 0.292. The van der Waals surface area contributed by atoms with Crippen molar-refractivity contribution < 1.29 is 19.1 Å². The van der Waals surface area contributed by atoms with E-state index in [4.69, 9.17) is 16.7 Å². The van der Waals surface area contributed by atoms with Crippen LogP contribution in [-0.4, -0.2) is 26.6 Å². The van der Waals surface area contributed by atoms with Gasteiger partial charge in [0.15, 0.2) is 0 Å². The lowest BCUT2D eigenvalue weighted by molar-refractivity contribution is 0.0696. The Labute approximate surface area is 183 Å². The van der Waals surface area contributed by atoms with Gasteiger partial charge in [0.2, 0.25) is 5.78 Å². The van der Waals surface area contributed by atoms with Gasteiger partial charge >= 0.3 is 5.97 Å². The zero-order chi connectivity index (χ0) is 21.9. The molecule has 0 bridgehead atoms. The van der Waals surface area contributed by atoms with Crippen molar-refractivity contribution in [3.8, 4) is 5.69 Å². The van der Waals surface area contributed by atoms with Crippen molar-refractivity contribution in [2.24, 2.45) is 0 Å². The number of ketones is 1. The maximum atomic E-state index is 15.0. The smallest absolute Gasteiger partial charge is 0.335 e. The van der Waals surface area contributed by atoms with E-state index in [-0.39, 0.29) is 22.4 Å². The summed E-state index contributed by atoms with van der Waals surface area (Å²) < 4.78 is 16.5. The third kappa shape index (κ3) is 3.08. The monoisotopic (exact) mass is 438 g/mol. The summed E-state index contributed by atoms with van der Waals surface area (Å²) in [6.45, 7) is 1.83. The van der Waals surface area contributed by atoms with Crippen molar-refractivity contribution >= 4 is 23.4 Å². The third-order valence-corrected chi connectivity index (χ3v) is 6.82. The lowest BCUT2D eigenvalue weighted by Gasteiger charge is -2.24. The van der Waals surface area contributed by atoms with Crippen LogP contribution in [0.5, 0.6) is 0 Å². The number of carbonyl (C=O) groups is 2. The van der Waals surface area contributed by atoms with Gasteiger partial charge in [-0.1, -0.05) is 23.7 Å². The van der Waals surface area contributed by atoms with E-state index in [1.165, 1.54) is 16.8 Å². The molecule has 0 saturated heterocycles. The molecule has 1 aromatic heterocycles. The number of aromatic nitrogens is 2. The van der Waals surface area contributed by atoms with Crippen LogP contribution in [0.1, 0.15) is 68.9 Å². The number of nitrogens with zero attached hydrogens (tertiary/aromatic N) is 2. The van der Waals surface area contributed by atoms with Crippen LogP contribution < -0.4 is 0 Å². The summed E-state index contributed by atoms with van der Waals surface area (Å²) in [5.41, 5.74) is 3.15. The number of carboxylic acid groups (broad SMARTS) is 1. The zero-order valence-electron chi connectivity index (χ0n) is 16.9. The minimum atomic E-state index is -1.20. The van der Waals surface area contributed by atoms with Gasteiger partial charge in [-0.3, -0.25) is 4.79 Å². The highest BCUT2D eigenvalue weighted by atomic mass is 35.5. The molecule has 158 valence electrons. The summed E-state index contributed by atoms with van der Waals surface area (Å²) in [6.07, 6.45) is 4.55. The largest absolute Gasteiger partial charge is 0.478 e. The lowest BCUT2D eigenvalue weighted by atomic mass is 9.82. The predicted molar refractivity (Wildman–Crippen MR) is 114 cm³/mol. The van der Waals surface area contributed by atoms with Crippen LogP contribution in [0.15, 0.2) is 36.4 Å². The Balaban J connectivity index is 1.72. The van der Waals surface area contributed by atoms with E-state index in [9.17, 15) is 14.0 Å². The van der Waals surface area contributed by atoms with Gasteiger partial charge in [-0.05, 0) is 68.9 Å². The highest BCUT2D eigenvalue weighted by molar-refractivity contribution is 6.35. The van der Waals surface area contributed by atoms with Crippen LogP contribution >= 0.6 is 11.6 Å². The van der Waals surface area contributed by atoms with Crippen LogP contribution in [0.25, 0.3) is 5.69 Å². The lowest BCUT2D eigenvalue weighted by Crippen LogP contribution is -2.20. The molecule has 2 aromatic carbocycles. The van der Waals surface area contributed by atoms with Gasteiger partial charge in [-0.25, -0.2) is 13.9 Å². The molecule has 1 spiro atoms. The van der Waals surface area contributed by atoms with E-state index in [1.54, 1.807) is 12.1 Å². The number of benzene rings is 2. The first-order valence-electron chi connectivity index (χ1n) is 10.3. The summed E-state index contributed by atoms with van der Waals surface area (Å²) in [5.74, 6) is -2.14. The number of aryl methyl sites for hydroxylation is 1. The Morgan fingerprint density at radius 1 is 1.19 bits per heavy atom. The maximum absolute atomic E-state index is 15.0. The summed E-state index contributed by atoms with van der Waals surface area (Å²) in [6, 6.07) is 9.07. The molecule has 2 aliphatic rings. The molecular formula is C24H20ClFN2O3. The van der Waals surface area contributed by atoms with E-state index in [2.05, 4.69) is 5.10 Å². The SMILES string of the molecule is Cc1cccc(Cl)c1C(=O)c1nn(-c2ccc(C(=O)O)cc2F)c2c1CCCC21CC1. The molecule has 0 radical (unpaired) electrons. The second-order valence-corrected chi connectivity index (χ2v) is 8.86. The number of carboxylic acids is 1. The summed E-state index contributed by atoms with van der Waals surface area (Å²) in [4.78, 5) is 24.7. The zero-order valence-corrected chi connectivity index (χ0v) is 17.7. The molecule has 7 heteroatoms. The summed E-state index contributed by atoms with van der Waals surface area (Å²) in [5, 5.41) is 14.1. The topological polar surface area (TPSA) is 72.2 Å². The molecule has 1 N–H and O–H groups in total. The Hall–Kier alpha value is -2.99. The van der Waals surface area contributed by atoms with Gasteiger partial charge in [0.25, 0.3) is 0 Å². The number of halogens is 2. The molecule has 0 amide bonds. The van der Waals surface area contributed by atoms with Crippen molar-refractivity contribution in [3.05, 3.63) is 80.9 Å². The summed E-state index contributed by atoms with van der Waals surface area (Å²) >= 11 is 6.35. The Kier molecular flexibility index (Phi) is 4.52. The van der Waals surface area contributed by atoms with Gasteiger partial charge in [0, 0.05) is 16.5 Å². The molecule has 1 heterocycles. The standard InChI is InChI=1S/C24H20ClFN2O3/c1-13-4-2-6-16(25)19(13)21(29)20-15-5-3-9-24(10-11-24)22(15)28(27-20)18-8-7-14(23(30)31)12-17(18)26/h2,4,6-8,12H,3,5,9-11H2,1H3,(H,30,31). The van der Waals surface area contributed by atoms with E-state index in [0.717, 1.165) is 48.6 Å². The Bertz CT molecular complexity index is 1240. The Morgan fingerprint density at radius 2 is 1.97 bits per heavy atom. The fourth-order valence-corrected chi connectivity index (χ4v) is 5.11. The van der Waals surface area contributed by atoms with Crippen molar-refractivity contribution in [3.63, 3.8) is 0 Å². The third-order valence-electron chi connectivity index (χ3n) is 6.51. The summed E-state index contributed by atoms with van der Waals surface area (Å²) in [7, 11) is 0. The minimum Gasteiger partial charge on any atom is -0.478 e. The molecule has 1 fully saturated rings. The maximum Gasteiger partial charge on any atom is 0.335 e. The molecule has 0 aliphatic heterocycles. The molecule has 3 aromatic rings. The van der Waals surface area contributed by atoms with Gasteiger partial charge in [0.1, 0.15) is 17.2 Å². The first kappa shape index (κ1) is 19.9. The van der Waals surface area contributed by atoms with Gasteiger partial charge in [0.05, 0.1) is 16.3 Å². The normalized spacial score (nSPS) is 16.2. The molecule has 0 atom stereocenters. The molecule has 31 heavy (non-hydrogen) atoms. The second-order valence-electron chi connectivity index (χ2n) is 8.45. The molecule has 0 unspecified atom stereocenters. The Morgan fingerprint density at radius 3 is 2.61 bits per heavy atom. The fourth-order valence-electron chi connectivity index (χ4n) is 4.80. The van der Waals surface area contributed by atoms with Gasteiger partial charge in [-0.15, -0.1) is 0 Å². The average molecular weight is 439 g/mol. The predicted octanol–water partition coefficient (Wildman–Crippen LogP) is 5.27. The van der Waals surface area contributed by atoms with E-state index in [1.807, 2.05) is 13.0 Å². The second kappa shape index (κ2) is 7.02. The highest BCUT2D eigenvalue weighted by Crippen LogP contribution is 2.56. The average Bonchev–Trinajstić information content (AvgIpc) is 3.37. The quantitative estimate of drug-likeness (QED) is 0.563. The van der Waals surface area contributed by atoms with Crippen molar-refractivity contribution in [2.45, 2.75) is 44.4 Å². The molecular weight excluding hydrogens is 419 g/mol. The van der Waals surface area contributed by atoms with E-state index >= 15 is 0 Å². The molecule has 2 aliphatic carbocycles. The van der Waals surface area contributed by atoms with Gasteiger partial charge < -0.3 is 5.11 Å². The van der Waals surface area contributed by atoms with Crippen molar-refractivity contribution in [1.29, 1.82) is 0 Å². The molecule has 1 saturated carbocycles. The molecule has 5 rings (SSSR count). The van der Waals surface area contributed by atoms with Crippen LogP contribution in [0.4, 0.5) is 4.39 Å². The first-order valence-corrected chi connectivity index (χ1v) is 10.7. The van der Waals surface area contributed by atoms with Crippen LogP contribution in [0.2, 0.25) is 5.02 Å². The number of rotatable bonds is 4. The van der Waals surface area contributed by atoms with E-state index in [0.29, 0.717) is 22.7 Å². The van der Waals surface area contributed by atoms with Crippen molar-refractivity contribution in [1.82, 2.24) is 9.78 Å². The first-order chi connectivity index (χ1) is 14.8. The minimum absolute atomic E-state index is 0.0907. The van der Waals surface area contributed by atoms with E-state index < -0.39 is 11.8 Å². The van der Waals surface area contributed by atoms with Crippen LogP contribution in [0, 0.1) is 12.7 Å². The number of hydrogen-bond donors (Lipinski definition) is 1. The molecule has 5 nitrogen and oxygen atoms in total. The van der Waals surface area contributed by atoms with Crippen molar-refractivity contribution in [2.75, 3.05) is 0 Å². The van der Waals surface area contributed by atoms with Gasteiger partial charge in [-0.2, -0.15) is 5.10 Å². The highest BCUT2D eigenvalue weighted by Gasteiger charge is 2.51. The number of hydrogen-bond acceptors (Lipinski definition) is 3.